The molecule has 0 spiro atoms. The van der Waals surface area contributed by atoms with E-state index in [2.05, 4.69) is 26.0 Å². The zero-order valence-electron chi connectivity index (χ0n) is 43.8. The topological polar surface area (TPSA) is 397 Å². The van der Waals surface area contributed by atoms with E-state index in [0.717, 1.165) is 28.2 Å². The molecule has 0 saturated heterocycles. The smallest absolute Gasteiger partial charge is 0.872 e. The van der Waals surface area contributed by atoms with Crippen LogP contribution in [0, 0.1) is 0 Å². The molecule has 0 aliphatic carbocycles. The molecule has 2 atom stereocenters. The minimum atomic E-state index is -3.87. The van der Waals surface area contributed by atoms with Crippen LogP contribution in [0.15, 0.2) is 189 Å². The molecular formula is C53H48BrN6NaO18S4. The van der Waals surface area contributed by atoms with Crippen molar-refractivity contribution in [3.8, 4) is 39.4 Å². The van der Waals surface area contributed by atoms with Crippen molar-refractivity contribution in [2.45, 2.75) is 39.5 Å². The Bertz CT molecular complexity index is 3910. The van der Waals surface area contributed by atoms with Crippen molar-refractivity contribution >= 4 is 86.8 Å². The van der Waals surface area contributed by atoms with Crippen LogP contribution < -0.4 is 65.1 Å². The largest absolute Gasteiger partial charge is 1.00 e. The zero-order valence-corrected chi connectivity index (χ0v) is 50.6. The van der Waals surface area contributed by atoms with Gasteiger partial charge >= 0.3 is 53.0 Å². The molecule has 2 aromatic heterocycles. The number of Topliss-reactive ketones (excluding diaryl/α,β-unsaturated/α-hetero) is 2. The number of aromatic amines is 1. The first-order valence-corrected chi connectivity index (χ1v) is 29.8. The Hall–Kier alpha value is -7.68. The summed E-state index contributed by atoms with van der Waals surface area (Å²) in [7, 11) is -11.4. The fraction of sp³-hybridized carbons (Fsp3) is 0.113. The minimum absolute atomic E-state index is 0. The number of nitrogens with one attached hydrogen (secondary N) is 1. The average Bonchev–Trinajstić information content (AvgIpc) is 4.31. The van der Waals surface area contributed by atoms with Crippen LogP contribution in [0.5, 0.6) is 23.0 Å². The second kappa shape index (κ2) is 31.1. The Morgan fingerprint density at radius 2 is 1.06 bits per heavy atom. The van der Waals surface area contributed by atoms with Gasteiger partial charge in [0.2, 0.25) is 46.7 Å². The van der Waals surface area contributed by atoms with E-state index >= 15 is 0 Å². The summed E-state index contributed by atoms with van der Waals surface area (Å²) >= 11 is 4.00. The van der Waals surface area contributed by atoms with E-state index in [1.54, 1.807) is 92.7 Å². The number of ether oxygens (including phenoxy) is 4. The van der Waals surface area contributed by atoms with Gasteiger partial charge in [0.1, 0.15) is 17.2 Å². The van der Waals surface area contributed by atoms with Crippen molar-refractivity contribution in [2.24, 2.45) is 15.4 Å². The van der Waals surface area contributed by atoms with E-state index in [-0.39, 0.29) is 97.1 Å². The summed E-state index contributed by atoms with van der Waals surface area (Å²) in [6.07, 6.45) is -1.50. The molecular weight excluding hydrogens is 1240 g/mol. The molecule has 8 rings (SSSR count). The Labute approximate surface area is 509 Å². The summed E-state index contributed by atoms with van der Waals surface area (Å²) in [6.45, 7) is 3.67. The second-order valence-electron chi connectivity index (χ2n) is 16.1. The number of sulfonamides is 3. The summed E-state index contributed by atoms with van der Waals surface area (Å²) in [5.74, 6) is -3.40. The molecule has 2 unspecified atom stereocenters. The van der Waals surface area contributed by atoms with Crippen LogP contribution in [0.3, 0.4) is 0 Å². The predicted octanol–water partition coefficient (Wildman–Crippen LogP) is 2.56. The molecule has 0 saturated carbocycles. The van der Waals surface area contributed by atoms with Gasteiger partial charge in [-0.3, -0.25) is 24.3 Å². The second-order valence-corrected chi connectivity index (χ2v) is 22.6. The third-order valence-electron chi connectivity index (χ3n) is 10.3. The van der Waals surface area contributed by atoms with Crippen LogP contribution in [0.1, 0.15) is 45.1 Å². The Balaban J connectivity index is 0.000000254. The summed E-state index contributed by atoms with van der Waals surface area (Å²) in [5, 5.41) is 38.9. The number of nitrogens with zero attached hydrogens (tertiary/aromatic N) is 2. The number of primary sulfonamides is 3. The number of carbonyl (C=O) groups excluding carboxylic acids is 4. The van der Waals surface area contributed by atoms with E-state index in [1.807, 2.05) is 12.1 Å². The summed E-state index contributed by atoms with van der Waals surface area (Å²) in [4.78, 5) is 74.6. The van der Waals surface area contributed by atoms with Crippen molar-refractivity contribution in [3.05, 3.63) is 196 Å². The Morgan fingerprint density at radius 3 is 1.49 bits per heavy atom. The predicted molar refractivity (Wildman–Crippen MR) is 299 cm³/mol. The van der Waals surface area contributed by atoms with E-state index < -0.39 is 70.3 Å². The number of thiazole rings is 1. The van der Waals surface area contributed by atoms with Gasteiger partial charge in [0.15, 0.2) is 16.3 Å². The van der Waals surface area contributed by atoms with Gasteiger partial charge in [-0.15, -0.1) is 17.1 Å². The van der Waals surface area contributed by atoms with Gasteiger partial charge in [-0.05, 0) is 74.5 Å². The van der Waals surface area contributed by atoms with Gasteiger partial charge in [0.25, 0.3) is 6.10 Å². The molecule has 0 amide bonds. The molecule has 8 aromatic rings. The van der Waals surface area contributed by atoms with E-state index in [0.29, 0.717) is 22.4 Å². The van der Waals surface area contributed by atoms with Crippen LogP contribution in [0.2, 0.25) is 0 Å². The van der Waals surface area contributed by atoms with Crippen molar-refractivity contribution in [1.82, 2.24) is 14.8 Å². The van der Waals surface area contributed by atoms with Gasteiger partial charge < -0.3 is 29.2 Å². The van der Waals surface area contributed by atoms with E-state index in [1.165, 1.54) is 66.0 Å². The van der Waals surface area contributed by atoms with Crippen LogP contribution in [0.4, 0.5) is 0 Å². The van der Waals surface area contributed by atoms with Gasteiger partial charge in [-0.1, -0.05) is 119 Å². The van der Waals surface area contributed by atoms with Crippen LogP contribution >= 0.6 is 27.3 Å². The third kappa shape index (κ3) is 20.0. The molecule has 0 fully saturated rings. The standard InChI is InChI=1S/C19H14N4O6S2.C17H17NO6S.C11H11BrO3.C6H7NO3S.Na/c20-31(27,28)13-8-6-12(7-9-13)29-16-15(11-4-2-1-3-5-11)22-23(17(16)24)19-21-14(10-30-19)18(25)26;1-2-23-17(20)16(15(19)12-6-4-3-5-7-12)24-13-8-10-14(11-9-13)25(18,21)22;1-2-15-11(14)9(12)10(13)8-6-4-3-5-7-8;7-11(9,10)6-3-1-5(8)2-4-6;/h1-10,22H,(H,25,26)(H2,20,27,28);3-11,16H,2H2,1H3,(H2,18,21,22);3-7,9H,2H2,1H3;1-4,8H,(H2,7,9,10);/q;;;;+1/p-1. The number of carboxylic acids is 1. The third-order valence-corrected chi connectivity index (χ3v) is 14.7. The molecule has 0 aliphatic heterocycles. The van der Waals surface area contributed by atoms with Crippen molar-refractivity contribution in [3.63, 3.8) is 0 Å². The number of rotatable bonds is 18. The summed E-state index contributed by atoms with van der Waals surface area (Å²) in [6, 6.07) is 40.7. The number of benzene rings is 6. The number of halogens is 1. The first-order chi connectivity index (χ1) is 38.7. The number of nitrogens with two attached hydrogens (primary N) is 3. The first-order valence-electron chi connectivity index (χ1n) is 23.4. The maximum atomic E-state index is 13.1. The fourth-order valence-electron chi connectivity index (χ4n) is 6.46. The monoisotopic (exact) mass is 1290 g/mol. The molecule has 83 heavy (non-hydrogen) atoms. The maximum absolute atomic E-state index is 13.1. The number of hydrogen-bond donors (Lipinski definition) is 5. The number of carboxylic acid groups (broad SMARTS) is 1. The van der Waals surface area contributed by atoms with Crippen LogP contribution in [-0.4, -0.2) is 98.7 Å². The molecule has 30 heteroatoms. The molecule has 2 heterocycles. The Kier molecular flexibility index (Phi) is 25.4. The number of aromatic carboxylic acids is 1. The first kappa shape index (κ1) is 67.8. The number of hydrogen-bond acceptors (Lipinski definition) is 19. The van der Waals surface area contributed by atoms with Crippen molar-refractivity contribution < 1.29 is 108 Å². The maximum Gasteiger partial charge on any atom is 1.00 e. The molecule has 8 N–H and O–H groups in total. The zero-order chi connectivity index (χ0) is 60.4. The summed E-state index contributed by atoms with van der Waals surface area (Å²) in [5.41, 5.74) is 0.983. The molecule has 0 bridgehead atoms. The van der Waals surface area contributed by atoms with Gasteiger partial charge in [-0.25, -0.2) is 55.2 Å². The quantitative estimate of drug-likeness (QED) is 0.0271. The van der Waals surface area contributed by atoms with Crippen molar-refractivity contribution in [2.75, 3.05) is 13.2 Å². The number of alkyl halides is 1. The summed E-state index contributed by atoms with van der Waals surface area (Å²) < 4.78 is 88.6. The van der Waals surface area contributed by atoms with Crippen LogP contribution in [-0.2, 0) is 49.1 Å². The number of ketones is 2. The van der Waals surface area contributed by atoms with Gasteiger partial charge in [0.05, 0.1) is 27.9 Å². The van der Waals surface area contributed by atoms with Gasteiger partial charge in [-0.2, -0.15) is 4.68 Å². The van der Waals surface area contributed by atoms with E-state index in [9.17, 15) is 59.1 Å². The van der Waals surface area contributed by atoms with Gasteiger partial charge in [0, 0.05) is 22.1 Å². The normalized spacial score (nSPS) is 11.6. The number of carbonyl (C=O) groups is 5. The molecule has 0 radical (unpaired) electrons. The fourth-order valence-corrected chi connectivity index (χ4v) is 9.16. The van der Waals surface area contributed by atoms with Crippen molar-refractivity contribution in [1.29, 1.82) is 0 Å². The van der Waals surface area contributed by atoms with Crippen LogP contribution in [0.25, 0.3) is 16.4 Å². The Morgan fingerprint density at radius 1 is 0.639 bits per heavy atom. The average molecular weight is 1290 g/mol. The number of aromatic nitrogens is 3. The number of esters is 2. The molecule has 0 aliphatic rings. The molecule has 6 aromatic carbocycles. The van der Waals surface area contributed by atoms with E-state index in [4.69, 9.17) is 39.5 Å². The molecule has 24 nitrogen and oxygen atoms in total. The SMILES string of the molecule is CCOC(=O)C(Br)C(=O)c1ccccc1.CCOC(=O)C(Oc1ccc(S(N)(=O)=O)cc1)C(=O)c1ccccc1.NS(=O)(=O)c1ccc(Oc2c(-c3ccccc3)[nH]n(-c3nc(C(=O)O)cs3)c2=O)cc1.NS(=O)(=O)c1ccc([O-])cc1.[Na+]. The molecule has 430 valence electrons. The minimum Gasteiger partial charge on any atom is -0.872 e. The number of H-pyrrole nitrogens is 1.